The first kappa shape index (κ1) is 17.2. The Kier molecular flexibility index (Phi) is 6.41. The minimum Gasteiger partial charge on any atom is -0.481 e. The molecule has 1 fully saturated rings. The van der Waals surface area contributed by atoms with Crippen molar-refractivity contribution in [2.75, 3.05) is 40.4 Å². The fourth-order valence-corrected chi connectivity index (χ4v) is 2.31. The van der Waals surface area contributed by atoms with Gasteiger partial charge in [-0.05, 0) is 6.92 Å². The van der Waals surface area contributed by atoms with Crippen molar-refractivity contribution in [3.05, 3.63) is 0 Å². The predicted molar refractivity (Wildman–Crippen MR) is 74.8 cm³/mol. The van der Waals surface area contributed by atoms with Crippen molar-refractivity contribution in [2.45, 2.75) is 19.4 Å². The van der Waals surface area contributed by atoms with Crippen LogP contribution in [0.25, 0.3) is 0 Å². The fraction of sp³-hybridized carbons (Fsp3) is 0.769. The molecule has 0 aromatic carbocycles. The van der Waals surface area contributed by atoms with Crippen molar-refractivity contribution in [2.24, 2.45) is 5.92 Å². The number of nitrogens with zero attached hydrogens (tertiary/aromatic N) is 2. The molecule has 1 saturated heterocycles. The first-order chi connectivity index (χ1) is 9.92. The molecule has 2 atom stereocenters. The number of hydrogen-bond donors (Lipinski definition) is 2. The molecule has 0 bridgehead atoms. The van der Waals surface area contributed by atoms with Gasteiger partial charge >= 0.3 is 12.0 Å². The summed E-state index contributed by atoms with van der Waals surface area (Å²) in [5.41, 5.74) is 0. The van der Waals surface area contributed by atoms with E-state index in [0.717, 1.165) is 0 Å². The van der Waals surface area contributed by atoms with Gasteiger partial charge in [0.2, 0.25) is 5.91 Å². The molecule has 0 aromatic rings. The molecule has 8 heteroatoms. The molecular formula is C13H23N3O5. The SMILES string of the molecule is CCN(C(=O)N(C)CCC(=O)NC)C1COCC1C(=O)O. The van der Waals surface area contributed by atoms with Gasteiger partial charge in [-0.15, -0.1) is 0 Å². The summed E-state index contributed by atoms with van der Waals surface area (Å²) in [6, 6.07) is -0.759. The zero-order valence-corrected chi connectivity index (χ0v) is 12.7. The van der Waals surface area contributed by atoms with Gasteiger partial charge < -0.3 is 25.0 Å². The number of nitrogens with one attached hydrogen (secondary N) is 1. The molecule has 2 unspecified atom stereocenters. The second-order valence-corrected chi connectivity index (χ2v) is 4.96. The molecule has 2 N–H and O–H groups in total. The lowest BCUT2D eigenvalue weighted by molar-refractivity contribution is -0.142. The quantitative estimate of drug-likeness (QED) is 0.695. The van der Waals surface area contributed by atoms with E-state index in [2.05, 4.69) is 5.32 Å². The minimum absolute atomic E-state index is 0.117. The van der Waals surface area contributed by atoms with Crippen molar-refractivity contribution in [1.29, 1.82) is 0 Å². The Hall–Kier alpha value is -1.83. The molecule has 1 heterocycles. The third kappa shape index (κ3) is 4.32. The van der Waals surface area contributed by atoms with Crippen molar-refractivity contribution in [3.63, 3.8) is 0 Å². The summed E-state index contributed by atoms with van der Waals surface area (Å²) in [6.07, 6.45) is 0.208. The molecule has 0 spiro atoms. The zero-order chi connectivity index (χ0) is 16.0. The van der Waals surface area contributed by atoms with Crippen LogP contribution < -0.4 is 5.32 Å². The van der Waals surface area contributed by atoms with Crippen LogP contribution in [0.15, 0.2) is 0 Å². The summed E-state index contributed by atoms with van der Waals surface area (Å²) in [5, 5.41) is 11.7. The largest absolute Gasteiger partial charge is 0.481 e. The molecule has 3 amide bonds. The number of urea groups is 1. The van der Waals surface area contributed by atoms with Gasteiger partial charge in [0.15, 0.2) is 0 Å². The van der Waals surface area contributed by atoms with Gasteiger partial charge in [0, 0.05) is 33.6 Å². The van der Waals surface area contributed by atoms with Crippen LogP contribution in [0.4, 0.5) is 4.79 Å². The number of carbonyl (C=O) groups is 3. The molecule has 1 aliphatic rings. The van der Waals surface area contributed by atoms with Crippen LogP contribution in [0, 0.1) is 5.92 Å². The lowest BCUT2D eigenvalue weighted by Gasteiger charge is -2.33. The molecule has 0 aliphatic carbocycles. The summed E-state index contributed by atoms with van der Waals surface area (Å²) in [6.45, 7) is 2.80. The van der Waals surface area contributed by atoms with Crippen molar-refractivity contribution in [1.82, 2.24) is 15.1 Å². The molecule has 21 heavy (non-hydrogen) atoms. The van der Waals surface area contributed by atoms with Crippen molar-refractivity contribution < 1.29 is 24.2 Å². The van der Waals surface area contributed by atoms with E-state index in [0.29, 0.717) is 6.54 Å². The molecule has 8 nitrogen and oxygen atoms in total. The number of aliphatic carboxylic acids is 1. The van der Waals surface area contributed by atoms with Gasteiger partial charge in [-0.2, -0.15) is 0 Å². The highest BCUT2D eigenvalue weighted by atomic mass is 16.5. The van der Waals surface area contributed by atoms with Crippen molar-refractivity contribution in [3.8, 4) is 0 Å². The van der Waals surface area contributed by atoms with Crippen LogP contribution in [0.3, 0.4) is 0 Å². The highest BCUT2D eigenvalue weighted by molar-refractivity contribution is 5.79. The molecule has 0 saturated carbocycles. The number of ether oxygens (including phenoxy) is 1. The average molecular weight is 301 g/mol. The summed E-state index contributed by atoms with van der Waals surface area (Å²) in [7, 11) is 3.13. The van der Waals surface area contributed by atoms with E-state index in [1.54, 1.807) is 14.0 Å². The van der Waals surface area contributed by atoms with Gasteiger partial charge in [0.05, 0.1) is 19.3 Å². The van der Waals surface area contributed by atoms with Gasteiger partial charge in [0.25, 0.3) is 0 Å². The van der Waals surface area contributed by atoms with E-state index in [9.17, 15) is 19.5 Å². The Balaban J connectivity index is 2.67. The molecule has 0 aromatic heterocycles. The summed E-state index contributed by atoms with van der Waals surface area (Å²) < 4.78 is 5.20. The van der Waals surface area contributed by atoms with E-state index in [1.165, 1.54) is 16.8 Å². The molecule has 0 radical (unpaired) electrons. The monoisotopic (exact) mass is 301 g/mol. The number of hydrogen-bond acceptors (Lipinski definition) is 4. The normalized spacial score (nSPS) is 20.9. The Labute approximate surface area is 124 Å². The van der Waals surface area contributed by atoms with E-state index in [4.69, 9.17) is 4.74 Å². The number of rotatable bonds is 6. The van der Waals surface area contributed by atoms with Crippen LogP contribution in [0.5, 0.6) is 0 Å². The minimum atomic E-state index is -0.961. The lowest BCUT2D eigenvalue weighted by Crippen LogP contribution is -2.51. The van der Waals surface area contributed by atoms with Crippen molar-refractivity contribution >= 4 is 17.9 Å². The van der Waals surface area contributed by atoms with E-state index < -0.39 is 17.9 Å². The lowest BCUT2D eigenvalue weighted by atomic mass is 10.0. The standard InChI is InChI=1S/C13H23N3O5/c1-4-16(10-8-21-7-9(10)12(18)19)13(20)15(3)6-5-11(17)14-2/h9-10H,4-8H2,1-3H3,(H,14,17)(H,18,19). The van der Waals surface area contributed by atoms with Crippen LogP contribution >= 0.6 is 0 Å². The summed E-state index contributed by atoms with van der Waals surface area (Å²) in [5.74, 6) is -1.82. The smallest absolute Gasteiger partial charge is 0.320 e. The van der Waals surface area contributed by atoms with E-state index >= 15 is 0 Å². The number of carbonyl (C=O) groups excluding carboxylic acids is 2. The zero-order valence-electron chi connectivity index (χ0n) is 12.7. The highest BCUT2D eigenvalue weighted by Crippen LogP contribution is 2.21. The van der Waals surface area contributed by atoms with Crippen LogP contribution in [0.2, 0.25) is 0 Å². The van der Waals surface area contributed by atoms with E-state index in [-0.39, 0.29) is 38.1 Å². The van der Waals surface area contributed by atoms with Gasteiger partial charge in [0.1, 0.15) is 5.92 Å². The van der Waals surface area contributed by atoms with Crippen LogP contribution in [-0.4, -0.2) is 79.3 Å². The van der Waals surface area contributed by atoms with Gasteiger partial charge in [-0.3, -0.25) is 9.59 Å². The Morgan fingerprint density at radius 3 is 2.52 bits per heavy atom. The average Bonchev–Trinajstić information content (AvgIpc) is 2.94. The first-order valence-electron chi connectivity index (χ1n) is 6.95. The number of amides is 3. The maximum absolute atomic E-state index is 12.4. The topological polar surface area (TPSA) is 99.2 Å². The number of carboxylic acids is 1. The van der Waals surface area contributed by atoms with E-state index in [1.807, 2.05) is 0 Å². The Bertz CT molecular complexity index is 401. The second kappa shape index (κ2) is 7.82. The first-order valence-corrected chi connectivity index (χ1v) is 6.95. The Morgan fingerprint density at radius 2 is 2.00 bits per heavy atom. The van der Waals surface area contributed by atoms with Gasteiger partial charge in [-0.1, -0.05) is 0 Å². The molecule has 120 valence electrons. The molecule has 1 rings (SSSR count). The summed E-state index contributed by atoms with van der Waals surface area (Å²) in [4.78, 5) is 37.7. The maximum Gasteiger partial charge on any atom is 0.320 e. The second-order valence-electron chi connectivity index (χ2n) is 4.96. The fourth-order valence-electron chi connectivity index (χ4n) is 2.31. The maximum atomic E-state index is 12.4. The van der Waals surface area contributed by atoms with Gasteiger partial charge in [-0.25, -0.2) is 4.79 Å². The number of likely N-dealkylation sites (N-methyl/N-ethyl adjacent to an activating group) is 1. The number of carboxylic acid groups (broad SMARTS) is 1. The third-order valence-electron chi connectivity index (χ3n) is 3.63. The van der Waals surface area contributed by atoms with Crippen LogP contribution in [0.1, 0.15) is 13.3 Å². The predicted octanol–water partition coefficient (Wildman–Crippen LogP) is -0.404. The molecule has 1 aliphatic heterocycles. The third-order valence-corrected chi connectivity index (χ3v) is 3.63. The highest BCUT2D eigenvalue weighted by Gasteiger charge is 2.40. The molecular weight excluding hydrogens is 278 g/mol. The Morgan fingerprint density at radius 1 is 1.33 bits per heavy atom. The van der Waals surface area contributed by atoms with Crippen LogP contribution in [-0.2, 0) is 14.3 Å². The summed E-state index contributed by atoms with van der Waals surface area (Å²) >= 11 is 0.